The minimum atomic E-state index is -0.260. The summed E-state index contributed by atoms with van der Waals surface area (Å²) in [6.45, 7) is 2.35. The number of nitrogens with zero attached hydrogens (tertiary/aromatic N) is 5. The lowest BCUT2D eigenvalue weighted by atomic mass is 10.2. The van der Waals surface area contributed by atoms with E-state index in [1.54, 1.807) is 18.3 Å². The van der Waals surface area contributed by atoms with Gasteiger partial charge in [0.05, 0.1) is 17.8 Å². The molecule has 1 amide bonds. The number of nitrogens with one attached hydrogen (secondary N) is 1. The Balaban J connectivity index is 1.70. The highest BCUT2D eigenvalue weighted by atomic mass is 16.5. The van der Waals surface area contributed by atoms with Crippen LogP contribution in [-0.2, 0) is 13.0 Å². The lowest BCUT2D eigenvalue weighted by Gasteiger charge is -2.02. The van der Waals surface area contributed by atoms with Crippen LogP contribution < -0.4 is 5.32 Å². The lowest BCUT2D eigenvalue weighted by molar-refractivity contribution is 0.0948. The quantitative estimate of drug-likeness (QED) is 0.751. The third kappa shape index (κ3) is 2.73. The van der Waals surface area contributed by atoms with Crippen molar-refractivity contribution >= 4 is 11.6 Å². The van der Waals surface area contributed by atoms with Crippen molar-refractivity contribution in [1.82, 2.24) is 30.5 Å². The third-order valence-electron chi connectivity index (χ3n) is 3.01. The molecule has 0 unspecified atom stereocenters. The Morgan fingerprint density at radius 2 is 2.38 bits per heavy atom. The normalized spacial score (nSPS) is 10.9. The second-order valence-electron chi connectivity index (χ2n) is 4.59. The molecule has 0 bridgehead atoms. The molecular formula is C13H14N6O2. The van der Waals surface area contributed by atoms with Crippen LogP contribution in [0.1, 0.15) is 35.2 Å². The molecule has 0 aromatic carbocycles. The van der Waals surface area contributed by atoms with Crippen molar-refractivity contribution in [2.24, 2.45) is 0 Å². The number of hydrogen-bond donors (Lipinski definition) is 1. The van der Waals surface area contributed by atoms with E-state index in [0.717, 1.165) is 18.5 Å². The summed E-state index contributed by atoms with van der Waals surface area (Å²) in [7, 11) is 0. The van der Waals surface area contributed by atoms with Gasteiger partial charge < -0.3 is 9.84 Å². The summed E-state index contributed by atoms with van der Waals surface area (Å²) in [5, 5.41) is 17.8. The van der Waals surface area contributed by atoms with Gasteiger partial charge in [-0.1, -0.05) is 18.5 Å². The van der Waals surface area contributed by atoms with Gasteiger partial charge in [-0.3, -0.25) is 4.79 Å². The molecule has 8 nitrogen and oxygen atoms in total. The maximum absolute atomic E-state index is 12.2. The number of carbonyl (C=O) groups is 1. The van der Waals surface area contributed by atoms with Crippen molar-refractivity contribution in [2.45, 2.75) is 26.3 Å². The number of rotatable bonds is 5. The van der Waals surface area contributed by atoms with Crippen molar-refractivity contribution in [1.29, 1.82) is 0 Å². The predicted molar refractivity (Wildman–Crippen MR) is 72.5 cm³/mol. The van der Waals surface area contributed by atoms with Crippen LogP contribution >= 0.6 is 0 Å². The molecule has 3 heterocycles. The smallest absolute Gasteiger partial charge is 0.255 e. The monoisotopic (exact) mass is 286 g/mol. The van der Waals surface area contributed by atoms with Gasteiger partial charge in [0, 0.05) is 12.3 Å². The number of aromatic nitrogens is 5. The highest BCUT2D eigenvalue weighted by molar-refractivity contribution is 5.99. The Morgan fingerprint density at radius 3 is 3.24 bits per heavy atom. The summed E-state index contributed by atoms with van der Waals surface area (Å²) in [6, 6.07) is 5.24. The molecule has 3 rings (SSSR count). The SMILES string of the molecule is CCCc1cc(CNC(=O)c2cccn3nnnc23)on1. The van der Waals surface area contributed by atoms with E-state index in [-0.39, 0.29) is 12.5 Å². The minimum absolute atomic E-state index is 0.260. The zero-order chi connectivity index (χ0) is 14.7. The van der Waals surface area contributed by atoms with E-state index in [2.05, 4.69) is 32.9 Å². The Kier molecular flexibility index (Phi) is 3.59. The minimum Gasteiger partial charge on any atom is -0.359 e. The molecule has 0 atom stereocenters. The topological polar surface area (TPSA) is 98.2 Å². The first-order valence-electron chi connectivity index (χ1n) is 6.67. The molecule has 8 heteroatoms. The average molecular weight is 286 g/mol. The molecule has 0 saturated heterocycles. The first kappa shape index (κ1) is 13.2. The highest BCUT2D eigenvalue weighted by Crippen LogP contribution is 2.08. The van der Waals surface area contributed by atoms with Gasteiger partial charge in [0.2, 0.25) is 0 Å². The molecular weight excluding hydrogens is 272 g/mol. The molecule has 0 saturated carbocycles. The summed E-state index contributed by atoms with van der Waals surface area (Å²) in [4.78, 5) is 12.2. The van der Waals surface area contributed by atoms with Crippen LogP contribution in [0.15, 0.2) is 28.9 Å². The largest absolute Gasteiger partial charge is 0.359 e. The van der Waals surface area contributed by atoms with Gasteiger partial charge in [-0.25, -0.2) is 0 Å². The molecule has 0 aliphatic carbocycles. The number of hydrogen-bond acceptors (Lipinski definition) is 6. The predicted octanol–water partition coefficient (Wildman–Crippen LogP) is 0.995. The molecule has 108 valence electrons. The third-order valence-corrected chi connectivity index (χ3v) is 3.01. The number of aryl methyl sites for hydroxylation is 1. The van der Waals surface area contributed by atoms with E-state index in [9.17, 15) is 4.79 Å². The number of tetrazole rings is 1. The second-order valence-corrected chi connectivity index (χ2v) is 4.59. The summed E-state index contributed by atoms with van der Waals surface area (Å²) in [5.74, 6) is 0.363. The average Bonchev–Trinajstić information content (AvgIpc) is 3.13. The molecule has 3 aromatic rings. The van der Waals surface area contributed by atoms with Crippen LogP contribution in [-0.4, -0.2) is 31.1 Å². The maximum Gasteiger partial charge on any atom is 0.255 e. The van der Waals surface area contributed by atoms with E-state index >= 15 is 0 Å². The number of amides is 1. The van der Waals surface area contributed by atoms with E-state index in [0.29, 0.717) is 17.0 Å². The Hall–Kier alpha value is -2.77. The van der Waals surface area contributed by atoms with Crippen LogP contribution in [0.3, 0.4) is 0 Å². The van der Waals surface area contributed by atoms with Gasteiger partial charge >= 0.3 is 0 Å². The van der Waals surface area contributed by atoms with Gasteiger partial charge in [0.1, 0.15) is 0 Å². The fraction of sp³-hybridized carbons (Fsp3) is 0.308. The second kappa shape index (κ2) is 5.70. The summed E-state index contributed by atoms with van der Waals surface area (Å²) in [5.41, 5.74) is 1.72. The van der Waals surface area contributed by atoms with Crippen molar-refractivity contribution in [2.75, 3.05) is 0 Å². The molecule has 0 spiro atoms. The molecule has 0 aliphatic rings. The Labute approximate surface area is 120 Å². The zero-order valence-electron chi connectivity index (χ0n) is 11.5. The molecule has 21 heavy (non-hydrogen) atoms. The van der Waals surface area contributed by atoms with Crippen LogP contribution in [0, 0.1) is 0 Å². The van der Waals surface area contributed by atoms with Crippen molar-refractivity contribution in [3.8, 4) is 0 Å². The molecule has 0 radical (unpaired) electrons. The summed E-state index contributed by atoms with van der Waals surface area (Å²) in [6.07, 6.45) is 3.54. The molecule has 0 aliphatic heterocycles. The van der Waals surface area contributed by atoms with Crippen LogP contribution in [0.2, 0.25) is 0 Å². The highest BCUT2D eigenvalue weighted by Gasteiger charge is 2.13. The van der Waals surface area contributed by atoms with Crippen LogP contribution in [0.4, 0.5) is 0 Å². The zero-order valence-corrected chi connectivity index (χ0v) is 11.5. The maximum atomic E-state index is 12.2. The van der Waals surface area contributed by atoms with E-state index in [4.69, 9.17) is 4.52 Å². The lowest BCUT2D eigenvalue weighted by Crippen LogP contribution is -2.23. The van der Waals surface area contributed by atoms with Gasteiger partial charge in [-0.05, 0) is 29.0 Å². The number of fused-ring (bicyclic) bond motifs is 1. The summed E-state index contributed by atoms with van der Waals surface area (Å²) >= 11 is 0. The van der Waals surface area contributed by atoms with Crippen LogP contribution in [0.5, 0.6) is 0 Å². The first-order valence-corrected chi connectivity index (χ1v) is 6.67. The van der Waals surface area contributed by atoms with Gasteiger partial charge in [-0.2, -0.15) is 4.52 Å². The Morgan fingerprint density at radius 1 is 1.48 bits per heavy atom. The Bertz CT molecular complexity index is 763. The van der Waals surface area contributed by atoms with Crippen molar-refractivity contribution < 1.29 is 9.32 Å². The van der Waals surface area contributed by atoms with E-state index in [1.165, 1.54) is 4.52 Å². The molecule has 3 aromatic heterocycles. The molecule has 0 fully saturated rings. The number of carbonyl (C=O) groups excluding carboxylic acids is 1. The molecule has 1 N–H and O–H groups in total. The van der Waals surface area contributed by atoms with E-state index in [1.807, 2.05) is 6.07 Å². The van der Waals surface area contributed by atoms with E-state index < -0.39 is 0 Å². The van der Waals surface area contributed by atoms with Crippen LogP contribution in [0.25, 0.3) is 5.65 Å². The van der Waals surface area contributed by atoms with Crippen molar-refractivity contribution in [3.05, 3.63) is 41.4 Å². The fourth-order valence-corrected chi connectivity index (χ4v) is 2.02. The first-order chi connectivity index (χ1) is 10.3. The summed E-state index contributed by atoms with van der Waals surface area (Å²) < 4.78 is 6.61. The van der Waals surface area contributed by atoms with Gasteiger partial charge in [0.25, 0.3) is 5.91 Å². The number of pyridine rings is 1. The van der Waals surface area contributed by atoms with Crippen molar-refractivity contribution in [3.63, 3.8) is 0 Å². The van der Waals surface area contributed by atoms with Gasteiger partial charge in [0.15, 0.2) is 11.4 Å². The fourth-order valence-electron chi connectivity index (χ4n) is 2.02. The van der Waals surface area contributed by atoms with Gasteiger partial charge in [-0.15, -0.1) is 5.10 Å². The standard InChI is InChI=1S/C13H14N6O2/c1-2-4-9-7-10(21-16-9)8-14-13(20)11-5-3-6-19-12(11)15-17-18-19/h3,5-7H,2,4,8H2,1H3,(H,14,20).